The zero-order valence-corrected chi connectivity index (χ0v) is 14.5. The molecule has 0 heterocycles. The lowest BCUT2D eigenvalue weighted by Crippen LogP contribution is -2.29. The summed E-state index contributed by atoms with van der Waals surface area (Å²) >= 11 is 0. The summed E-state index contributed by atoms with van der Waals surface area (Å²) in [6.07, 6.45) is 1.82. The van der Waals surface area contributed by atoms with E-state index in [1.807, 2.05) is 31.2 Å². The molecule has 5 nitrogen and oxygen atoms in total. The number of para-hydroxylation sites is 1. The fourth-order valence-corrected chi connectivity index (χ4v) is 3.90. The second kappa shape index (κ2) is 6.37. The van der Waals surface area contributed by atoms with Gasteiger partial charge in [-0.2, -0.15) is 4.31 Å². The van der Waals surface area contributed by atoms with Crippen LogP contribution in [-0.4, -0.2) is 31.7 Å². The molecular formula is C18H20N2O3S. The van der Waals surface area contributed by atoms with Crippen molar-refractivity contribution in [1.29, 1.82) is 0 Å². The average Bonchev–Trinajstić information content (AvgIpc) is 3.41. The summed E-state index contributed by atoms with van der Waals surface area (Å²) < 4.78 is 26.3. The summed E-state index contributed by atoms with van der Waals surface area (Å²) in [5.74, 6) is -0.260. The normalized spacial score (nSPS) is 14.6. The molecule has 0 spiro atoms. The van der Waals surface area contributed by atoms with Gasteiger partial charge in [-0.25, -0.2) is 8.42 Å². The Bertz CT molecular complexity index is 856. The average molecular weight is 344 g/mol. The third kappa shape index (κ3) is 3.34. The molecule has 0 saturated heterocycles. The van der Waals surface area contributed by atoms with E-state index in [-0.39, 0.29) is 16.8 Å². The molecule has 2 aromatic carbocycles. The van der Waals surface area contributed by atoms with Gasteiger partial charge in [0.05, 0.1) is 4.90 Å². The lowest BCUT2D eigenvalue weighted by Gasteiger charge is -2.16. The summed E-state index contributed by atoms with van der Waals surface area (Å²) in [5.41, 5.74) is 2.13. The first-order chi connectivity index (χ1) is 11.4. The number of amides is 1. The van der Waals surface area contributed by atoms with Crippen LogP contribution in [0.4, 0.5) is 5.69 Å². The summed E-state index contributed by atoms with van der Waals surface area (Å²) in [4.78, 5) is 12.5. The second-order valence-electron chi connectivity index (χ2n) is 6.05. The number of carbonyl (C=O) groups is 1. The topological polar surface area (TPSA) is 66.5 Å². The Kier molecular flexibility index (Phi) is 4.43. The van der Waals surface area contributed by atoms with Gasteiger partial charge in [0.25, 0.3) is 5.91 Å². The van der Waals surface area contributed by atoms with Crippen LogP contribution in [0.15, 0.2) is 53.4 Å². The number of nitrogens with one attached hydrogen (secondary N) is 1. The Morgan fingerprint density at radius 3 is 2.29 bits per heavy atom. The van der Waals surface area contributed by atoms with Crippen molar-refractivity contribution >= 4 is 21.6 Å². The number of aryl methyl sites for hydroxylation is 1. The molecular weight excluding hydrogens is 324 g/mol. The number of anilines is 1. The van der Waals surface area contributed by atoms with Crippen LogP contribution in [0.3, 0.4) is 0 Å². The predicted octanol–water partition coefficient (Wildman–Crippen LogP) is 3.03. The van der Waals surface area contributed by atoms with Crippen molar-refractivity contribution in [2.75, 3.05) is 12.4 Å². The fourth-order valence-electron chi connectivity index (χ4n) is 2.49. The Morgan fingerprint density at radius 1 is 1.08 bits per heavy atom. The fraction of sp³-hybridized carbons (Fsp3) is 0.278. The number of sulfonamides is 1. The number of nitrogens with zero attached hydrogens (tertiary/aromatic N) is 1. The SMILES string of the molecule is Cc1ccccc1NC(=O)c1ccc(S(=O)(=O)N(C)C2CC2)cc1. The molecule has 1 aliphatic carbocycles. The van der Waals surface area contributed by atoms with Crippen molar-refractivity contribution in [2.24, 2.45) is 0 Å². The molecule has 0 radical (unpaired) electrons. The van der Waals surface area contributed by atoms with E-state index >= 15 is 0 Å². The maximum atomic E-state index is 12.5. The van der Waals surface area contributed by atoms with Gasteiger partial charge in [0.1, 0.15) is 0 Å². The van der Waals surface area contributed by atoms with Crippen molar-refractivity contribution in [2.45, 2.75) is 30.7 Å². The number of hydrogen-bond acceptors (Lipinski definition) is 3. The van der Waals surface area contributed by atoms with Gasteiger partial charge in [0.15, 0.2) is 0 Å². The van der Waals surface area contributed by atoms with Gasteiger partial charge >= 0.3 is 0 Å². The summed E-state index contributed by atoms with van der Waals surface area (Å²) in [7, 11) is -1.88. The molecule has 3 rings (SSSR count). The van der Waals surface area contributed by atoms with Gasteiger partial charge < -0.3 is 5.32 Å². The van der Waals surface area contributed by atoms with E-state index in [0.717, 1.165) is 24.1 Å². The quantitative estimate of drug-likeness (QED) is 0.906. The minimum atomic E-state index is -3.48. The maximum absolute atomic E-state index is 12.5. The van der Waals surface area contributed by atoms with Gasteiger partial charge in [-0.3, -0.25) is 4.79 Å². The first kappa shape index (κ1) is 16.7. The van der Waals surface area contributed by atoms with E-state index in [4.69, 9.17) is 0 Å². The van der Waals surface area contributed by atoms with Crippen LogP contribution >= 0.6 is 0 Å². The number of benzene rings is 2. The standard InChI is InChI=1S/C18H20N2O3S/c1-13-5-3-4-6-17(13)19-18(21)14-7-11-16(12-8-14)24(22,23)20(2)15-9-10-15/h3-8,11-12,15H,9-10H2,1-2H3,(H,19,21). The van der Waals surface area contributed by atoms with Crippen molar-refractivity contribution in [1.82, 2.24) is 4.31 Å². The third-order valence-electron chi connectivity index (χ3n) is 4.25. The van der Waals surface area contributed by atoms with Crippen LogP contribution in [-0.2, 0) is 10.0 Å². The molecule has 1 saturated carbocycles. The largest absolute Gasteiger partial charge is 0.322 e. The van der Waals surface area contributed by atoms with Crippen LogP contribution in [0.25, 0.3) is 0 Å². The van der Waals surface area contributed by atoms with E-state index in [0.29, 0.717) is 5.56 Å². The molecule has 0 aromatic heterocycles. The zero-order chi connectivity index (χ0) is 17.3. The number of rotatable bonds is 5. The smallest absolute Gasteiger partial charge is 0.255 e. The minimum Gasteiger partial charge on any atom is -0.322 e. The monoisotopic (exact) mass is 344 g/mol. The van der Waals surface area contributed by atoms with E-state index in [1.165, 1.54) is 16.4 Å². The highest BCUT2D eigenvalue weighted by atomic mass is 32.2. The van der Waals surface area contributed by atoms with Gasteiger partial charge in [-0.05, 0) is 55.7 Å². The molecule has 126 valence electrons. The van der Waals surface area contributed by atoms with Crippen LogP contribution in [0, 0.1) is 6.92 Å². The van der Waals surface area contributed by atoms with Crippen LogP contribution < -0.4 is 5.32 Å². The van der Waals surface area contributed by atoms with Crippen LogP contribution in [0.2, 0.25) is 0 Å². The Morgan fingerprint density at radius 2 is 1.71 bits per heavy atom. The molecule has 0 unspecified atom stereocenters. The summed E-state index contributed by atoms with van der Waals surface area (Å²) in [6, 6.07) is 13.7. The van der Waals surface area contributed by atoms with E-state index in [9.17, 15) is 13.2 Å². The summed E-state index contributed by atoms with van der Waals surface area (Å²) in [6.45, 7) is 1.92. The lowest BCUT2D eigenvalue weighted by atomic mass is 10.1. The van der Waals surface area contributed by atoms with Crippen LogP contribution in [0.5, 0.6) is 0 Å². The molecule has 1 amide bonds. The number of hydrogen-bond donors (Lipinski definition) is 1. The van der Waals surface area contributed by atoms with Crippen molar-refractivity contribution in [3.05, 3.63) is 59.7 Å². The van der Waals surface area contributed by atoms with Gasteiger partial charge in [0.2, 0.25) is 10.0 Å². The Balaban J connectivity index is 1.77. The minimum absolute atomic E-state index is 0.110. The highest BCUT2D eigenvalue weighted by Crippen LogP contribution is 2.30. The molecule has 24 heavy (non-hydrogen) atoms. The van der Waals surface area contributed by atoms with Crippen molar-refractivity contribution in [3.63, 3.8) is 0 Å². The molecule has 6 heteroatoms. The predicted molar refractivity (Wildman–Crippen MR) is 93.5 cm³/mol. The van der Waals surface area contributed by atoms with E-state index in [1.54, 1.807) is 19.2 Å². The maximum Gasteiger partial charge on any atom is 0.255 e. The van der Waals surface area contributed by atoms with E-state index < -0.39 is 10.0 Å². The van der Waals surface area contributed by atoms with Crippen molar-refractivity contribution in [3.8, 4) is 0 Å². The first-order valence-electron chi connectivity index (χ1n) is 7.84. The summed E-state index contributed by atoms with van der Waals surface area (Å²) in [5, 5.41) is 2.84. The zero-order valence-electron chi connectivity index (χ0n) is 13.7. The number of carbonyl (C=O) groups excluding carboxylic acids is 1. The highest BCUT2D eigenvalue weighted by molar-refractivity contribution is 7.89. The van der Waals surface area contributed by atoms with Crippen LogP contribution in [0.1, 0.15) is 28.8 Å². The van der Waals surface area contributed by atoms with Gasteiger partial charge in [-0.1, -0.05) is 18.2 Å². The molecule has 1 fully saturated rings. The molecule has 1 aliphatic rings. The van der Waals surface area contributed by atoms with Gasteiger partial charge in [0, 0.05) is 24.3 Å². The van der Waals surface area contributed by atoms with Crippen molar-refractivity contribution < 1.29 is 13.2 Å². The highest BCUT2D eigenvalue weighted by Gasteiger charge is 2.34. The molecule has 2 aromatic rings. The molecule has 0 atom stereocenters. The van der Waals surface area contributed by atoms with Gasteiger partial charge in [-0.15, -0.1) is 0 Å². The molecule has 1 N–H and O–H groups in total. The lowest BCUT2D eigenvalue weighted by molar-refractivity contribution is 0.102. The second-order valence-corrected chi connectivity index (χ2v) is 8.04. The first-order valence-corrected chi connectivity index (χ1v) is 9.28. The third-order valence-corrected chi connectivity index (χ3v) is 6.17. The molecule has 0 bridgehead atoms. The molecule has 0 aliphatic heterocycles. The Labute approximate surface area is 142 Å². The van der Waals surface area contributed by atoms with E-state index in [2.05, 4.69) is 5.32 Å². The Hall–Kier alpha value is -2.18.